The maximum absolute atomic E-state index is 12.3. The molecule has 0 spiro atoms. The standard InChI is InChI=1S/C18H25NO4/c1-12(18(21)22)11-14-3-5-16(6-4-14)19-17(20)13(2)15-7-9-23-10-8-15/h3-6,12-13,15H,7-11H2,1-2H3,(H,19,20)(H,21,22)/t12-,13-/m1/s1. The molecule has 1 aliphatic rings. The predicted octanol–water partition coefficient (Wildman–Crippen LogP) is 2.95. The fourth-order valence-corrected chi connectivity index (χ4v) is 2.85. The van der Waals surface area contributed by atoms with Crippen molar-refractivity contribution in [1.82, 2.24) is 0 Å². The van der Waals surface area contributed by atoms with Crippen molar-refractivity contribution in [1.29, 1.82) is 0 Å². The van der Waals surface area contributed by atoms with Gasteiger partial charge in [0.2, 0.25) is 5.91 Å². The number of hydrogen-bond acceptors (Lipinski definition) is 3. The lowest BCUT2D eigenvalue weighted by molar-refractivity contribution is -0.141. The number of carboxylic acids is 1. The molecule has 23 heavy (non-hydrogen) atoms. The Kier molecular flexibility index (Phi) is 6.16. The van der Waals surface area contributed by atoms with Crippen LogP contribution in [0, 0.1) is 17.8 Å². The number of amides is 1. The van der Waals surface area contributed by atoms with Crippen LogP contribution in [0.2, 0.25) is 0 Å². The molecule has 1 saturated heterocycles. The zero-order valence-electron chi connectivity index (χ0n) is 13.7. The highest BCUT2D eigenvalue weighted by atomic mass is 16.5. The first-order chi connectivity index (χ1) is 11.0. The molecule has 126 valence electrons. The van der Waals surface area contributed by atoms with Gasteiger partial charge < -0.3 is 15.2 Å². The van der Waals surface area contributed by atoms with Gasteiger partial charge in [-0.3, -0.25) is 9.59 Å². The zero-order chi connectivity index (χ0) is 16.8. The smallest absolute Gasteiger partial charge is 0.306 e. The lowest BCUT2D eigenvalue weighted by Gasteiger charge is -2.27. The molecule has 1 amide bonds. The highest BCUT2D eigenvalue weighted by Gasteiger charge is 2.25. The van der Waals surface area contributed by atoms with Crippen molar-refractivity contribution in [3.63, 3.8) is 0 Å². The molecule has 0 unspecified atom stereocenters. The third-order valence-electron chi connectivity index (χ3n) is 4.57. The Hall–Kier alpha value is -1.88. The second-order valence-electron chi connectivity index (χ2n) is 6.37. The topological polar surface area (TPSA) is 75.6 Å². The van der Waals surface area contributed by atoms with E-state index in [1.165, 1.54) is 0 Å². The fraction of sp³-hybridized carbons (Fsp3) is 0.556. The molecule has 2 N–H and O–H groups in total. The van der Waals surface area contributed by atoms with E-state index in [-0.39, 0.29) is 11.8 Å². The maximum Gasteiger partial charge on any atom is 0.306 e. The second kappa shape index (κ2) is 8.11. The first-order valence-electron chi connectivity index (χ1n) is 8.17. The van der Waals surface area contributed by atoms with Crippen LogP contribution in [-0.4, -0.2) is 30.2 Å². The Morgan fingerprint density at radius 1 is 1.22 bits per heavy atom. The Bertz CT molecular complexity index is 534. The minimum Gasteiger partial charge on any atom is -0.481 e. The molecule has 0 aromatic heterocycles. The third kappa shape index (κ3) is 5.06. The van der Waals surface area contributed by atoms with Crippen molar-refractivity contribution in [2.24, 2.45) is 17.8 Å². The Labute approximate surface area is 137 Å². The average molecular weight is 319 g/mol. The molecule has 1 fully saturated rings. The summed E-state index contributed by atoms with van der Waals surface area (Å²) in [4.78, 5) is 23.2. The molecule has 1 aliphatic heterocycles. The second-order valence-corrected chi connectivity index (χ2v) is 6.37. The van der Waals surface area contributed by atoms with E-state index in [0.29, 0.717) is 12.3 Å². The summed E-state index contributed by atoms with van der Waals surface area (Å²) in [5, 5.41) is 11.9. The molecule has 2 rings (SSSR count). The van der Waals surface area contributed by atoms with Gasteiger partial charge in [-0.1, -0.05) is 26.0 Å². The highest BCUT2D eigenvalue weighted by Crippen LogP contribution is 2.25. The van der Waals surface area contributed by atoms with Gasteiger partial charge in [-0.2, -0.15) is 0 Å². The van der Waals surface area contributed by atoms with Crippen LogP contribution in [0.4, 0.5) is 5.69 Å². The lowest BCUT2D eigenvalue weighted by Crippen LogP contribution is -2.30. The number of carbonyl (C=O) groups is 2. The normalized spacial score (nSPS) is 18.2. The number of benzene rings is 1. The van der Waals surface area contributed by atoms with Gasteiger partial charge in [-0.25, -0.2) is 0 Å². The number of hydrogen-bond donors (Lipinski definition) is 2. The van der Waals surface area contributed by atoms with Crippen molar-refractivity contribution >= 4 is 17.6 Å². The van der Waals surface area contributed by atoms with Crippen molar-refractivity contribution < 1.29 is 19.4 Å². The van der Waals surface area contributed by atoms with Crippen LogP contribution in [0.25, 0.3) is 0 Å². The molecule has 0 radical (unpaired) electrons. The number of nitrogens with one attached hydrogen (secondary N) is 1. The number of rotatable bonds is 6. The minimum absolute atomic E-state index is 0.0311. The molecule has 0 bridgehead atoms. The van der Waals surface area contributed by atoms with Crippen LogP contribution in [0.1, 0.15) is 32.3 Å². The summed E-state index contributed by atoms with van der Waals surface area (Å²) in [6.45, 7) is 5.12. The van der Waals surface area contributed by atoms with Crippen LogP contribution in [-0.2, 0) is 20.7 Å². The summed E-state index contributed by atoms with van der Waals surface area (Å²) < 4.78 is 5.34. The molecule has 0 aliphatic carbocycles. The Morgan fingerprint density at radius 2 is 1.83 bits per heavy atom. The first-order valence-corrected chi connectivity index (χ1v) is 8.17. The third-order valence-corrected chi connectivity index (χ3v) is 4.57. The summed E-state index contributed by atoms with van der Waals surface area (Å²) in [5.41, 5.74) is 1.70. The van der Waals surface area contributed by atoms with Gasteiger partial charge in [-0.05, 0) is 42.9 Å². The summed E-state index contributed by atoms with van der Waals surface area (Å²) in [5.74, 6) is -0.842. The van der Waals surface area contributed by atoms with Crippen LogP contribution in [0.15, 0.2) is 24.3 Å². The van der Waals surface area contributed by atoms with E-state index < -0.39 is 11.9 Å². The molecular weight excluding hydrogens is 294 g/mol. The van der Waals surface area contributed by atoms with Gasteiger partial charge in [0.25, 0.3) is 0 Å². The van der Waals surface area contributed by atoms with E-state index in [4.69, 9.17) is 9.84 Å². The van der Waals surface area contributed by atoms with Crippen molar-refractivity contribution in [2.45, 2.75) is 33.1 Å². The summed E-state index contributed by atoms with van der Waals surface area (Å²) in [6, 6.07) is 7.40. The van der Waals surface area contributed by atoms with Crippen LogP contribution < -0.4 is 5.32 Å². The number of anilines is 1. The predicted molar refractivity (Wildman–Crippen MR) is 88.3 cm³/mol. The highest BCUT2D eigenvalue weighted by molar-refractivity contribution is 5.92. The van der Waals surface area contributed by atoms with Gasteiger partial charge in [-0.15, -0.1) is 0 Å². The minimum atomic E-state index is -0.798. The van der Waals surface area contributed by atoms with Crippen molar-refractivity contribution in [3.05, 3.63) is 29.8 Å². The quantitative estimate of drug-likeness (QED) is 0.845. The van der Waals surface area contributed by atoms with Crippen LogP contribution in [0.3, 0.4) is 0 Å². The first kappa shape index (κ1) is 17.5. The fourth-order valence-electron chi connectivity index (χ4n) is 2.85. The average Bonchev–Trinajstić information content (AvgIpc) is 2.56. The molecule has 1 heterocycles. The molecular formula is C18H25NO4. The summed E-state index contributed by atoms with van der Waals surface area (Å²) in [7, 11) is 0. The molecule has 5 heteroatoms. The van der Waals surface area contributed by atoms with Gasteiger partial charge in [0.1, 0.15) is 0 Å². The largest absolute Gasteiger partial charge is 0.481 e. The van der Waals surface area contributed by atoms with E-state index in [1.807, 2.05) is 31.2 Å². The maximum atomic E-state index is 12.3. The molecule has 0 saturated carbocycles. The SMILES string of the molecule is C[C@H](Cc1ccc(NC(=O)[C@H](C)C2CCOCC2)cc1)C(=O)O. The van der Waals surface area contributed by atoms with Crippen molar-refractivity contribution in [2.75, 3.05) is 18.5 Å². The molecule has 1 aromatic rings. The van der Waals surface area contributed by atoms with E-state index >= 15 is 0 Å². The Balaban J connectivity index is 1.89. The number of carbonyl (C=O) groups excluding carboxylic acids is 1. The Morgan fingerprint density at radius 3 is 2.39 bits per heavy atom. The molecule has 5 nitrogen and oxygen atoms in total. The molecule has 1 aromatic carbocycles. The number of ether oxygens (including phenoxy) is 1. The van der Waals surface area contributed by atoms with E-state index in [0.717, 1.165) is 37.3 Å². The van der Waals surface area contributed by atoms with Crippen molar-refractivity contribution in [3.8, 4) is 0 Å². The number of carboxylic acid groups (broad SMARTS) is 1. The summed E-state index contributed by atoms with van der Waals surface area (Å²) >= 11 is 0. The van der Waals surface area contributed by atoms with Crippen LogP contribution >= 0.6 is 0 Å². The van der Waals surface area contributed by atoms with Crippen LogP contribution in [0.5, 0.6) is 0 Å². The van der Waals surface area contributed by atoms with Gasteiger partial charge >= 0.3 is 5.97 Å². The van der Waals surface area contributed by atoms with Gasteiger partial charge in [0.05, 0.1) is 5.92 Å². The molecule has 2 atom stereocenters. The van der Waals surface area contributed by atoms with Gasteiger partial charge in [0, 0.05) is 24.8 Å². The van der Waals surface area contributed by atoms with Gasteiger partial charge in [0.15, 0.2) is 0 Å². The van der Waals surface area contributed by atoms with E-state index in [9.17, 15) is 9.59 Å². The lowest BCUT2D eigenvalue weighted by atomic mass is 9.86. The monoisotopic (exact) mass is 319 g/mol. The number of aliphatic carboxylic acids is 1. The zero-order valence-corrected chi connectivity index (χ0v) is 13.7. The van der Waals surface area contributed by atoms with E-state index in [2.05, 4.69) is 5.32 Å². The van der Waals surface area contributed by atoms with E-state index in [1.54, 1.807) is 6.92 Å². The summed E-state index contributed by atoms with van der Waals surface area (Å²) in [6.07, 6.45) is 2.35.